The van der Waals surface area contributed by atoms with Crippen LogP contribution in [0.2, 0.25) is 0 Å². The fraction of sp³-hybridized carbons (Fsp3) is 0.391. The van der Waals surface area contributed by atoms with E-state index in [9.17, 15) is 23.1 Å². The minimum atomic E-state index is -3.21. The molecule has 1 N–H and O–H groups in total. The Morgan fingerprint density at radius 1 is 1.20 bits per heavy atom. The number of halogens is 3. The maximum atomic E-state index is 14.6. The van der Waals surface area contributed by atoms with E-state index >= 15 is 0 Å². The molecule has 0 spiro atoms. The van der Waals surface area contributed by atoms with E-state index in [1.165, 1.54) is 19.1 Å². The molecule has 0 amide bonds. The number of ether oxygens (including phenoxy) is 1. The van der Waals surface area contributed by atoms with Gasteiger partial charge in [0.05, 0.1) is 12.1 Å². The number of hydrogen-bond acceptors (Lipinski definition) is 4. The molecule has 0 bridgehead atoms. The van der Waals surface area contributed by atoms with Gasteiger partial charge in [-0.25, -0.2) is 18.0 Å². The van der Waals surface area contributed by atoms with Crippen molar-refractivity contribution in [3.63, 3.8) is 0 Å². The van der Waals surface area contributed by atoms with E-state index in [0.29, 0.717) is 11.3 Å². The van der Waals surface area contributed by atoms with Crippen LogP contribution in [0.1, 0.15) is 26.0 Å². The summed E-state index contributed by atoms with van der Waals surface area (Å²) in [6.07, 6.45) is 3.16. The Labute approximate surface area is 172 Å². The van der Waals surface area contributed by atoms with Crippen molar-refractivity contribution in [2.75, 3.05) is 0 Å². The van der Waals surface area contributed by atoms with Gasteiger partial charge in [0.15, 0.2) is 5.60 Å². The van der Waals surface area contributed by atoms with Crippen LogP contribution in [0.5, 0.6) is 0 Å². The van der Waals surface area contributed by atoms with Crippen molar-refractivity contribution in [1.29, 1.82) is 0 Å². The number of fused-ring (bicyclic) bond motifs is 1. The number of esters is 1. The van der Waals surface area contributed by atoms with Crippen LogP contribution < -0.4 is 0 Å². The molecule has 1 aromatic heterocycles. The topological polar surface area (TPSA) is 59.4 Å². The highest BCUT2D eigenvalue weighted by Gasteiger charge is 2.67. The summed E-state index contributed by atoms with van der Waals surface area (Å²) in [5, 5.41) is 10.7. The van der Waals surface area contributed by atoms with Gasteiger partial charge in [0.1, 0.15) is 11.9 Å². The van der Waals surface area contributed by atoms with Gasteiger partial charge < -0.3 is 9.84 Å². The van der Waals surface area contributed by atoms with Crippen molar-refractivity contribution >= 4 is 12.0 Å². The van der Waals surface area contributed by atoms with Gasteiger partial charge in [-0.05, 0) is 42.7 Å². The molecule has 0 unspecified atom stereocenters. The monoisotopic (exact) mass is 417 g/mol. The molecule has 30 heavy (non-hydrogen) atoms. The number of aliphatic hydroxyl groups is 1. The van der Waals surface area contributed by atoms with Crippen molar-refractivity contribution in [1.82, 2.24) is 4.98 Å². The first-order valence-corrected chi connectivity index (χ1v) is 9.83. The zero-order chi connectivity index (χ0) is 21.7. The predicted molar refractivity (Wildman–Crippen MR) is 105 cm³/mol. The molecular weight excluding hydrogens is 395 g/mol. The second kappa shape index (κ2) is 7.23. The highest BCUT2D eigenvalue weighted by Crippen LogP contribution is 2.54. The van der Waals surface area contributed by atoms with Crippen LogP contribution in [-0.2, 0) is 9.53 Å². The molecule has 2 fully saturated rings. The average Bonchev–Trinajstić information content (AvgIpc) is 2.90. The lowest BCUT2D eigenvalue weighted by atomic mass is 9.62. The number of hydrogen-bond donors (Lipinski definition) is 1. The Morgan fingerprint density at radius 2 is 1.97 bits per heavy atom. The number of carbonyl (C=O) groups excluding carboxylic acids is 1. The predicted octanol–water partition coefficient (Wildman–Crippen LogP) is 4.48. The molecule has 7 heteroatoms. The highest BCUT2D eigenvalue weighted by atomic mass is 19.3. The third-order valence-electron chi connectivity index (χ3n) is 6.30. The second-order valence-corrected chi connectivity index (χ2v) is 8.21. The summed E-state index contributed by atoms with van der Waals surface area (Å²) in [4.78, 5) is 16.4. The standard InChI is InChI=1S/C23H22F3NO3/c1-13-19(20-14(2)30-21(28)22(20,29)12-23(13,25)26)9-8-18-7-6-16(11-27-18)15-4-3-5-17(24)10-15/h3-11,13-14,19-20,29H,12H2,1-2H3/b9-8+/t13-,14+,19-,20-,22-/m0/s1. The molecule has 1 aliphatic carbocycles. The zero-order valence-electron chi connectivity index (χ0n) is 16.6. The number of aromatic nitrogens is 1. The van der Waals surface area contributed by atoms with E-state index in [4.69, 9.17) is 4.74 Å². The van der Waals surface area contributed by atoms with Gasteiger partial charge in [0.25, 0.3) is 5.92 Å². The van der Waals surface area contributed by atoms with E-state index in [1.807, 2.05) is 0 Å². The van der Waals surface area contributed by atoms with Crippen LogP contribution in [0.25, 0.3) is 17.2 Å². The van der Waals surface area contributed by atoms with Gasteiger partial charge in [-0.1, -0.05) is 31.2 Å². The lowest BCUT2D eigenvalue weighted by Gasteiger charge is -2.45. The molecule has 5 atom stereocenters. The normalized spacial score (nSPS) is 32.8. The van der Waals surface area contributed by atoms with Crippen molar-refractivity contribution in [3.05, 3.63) is 60.2 Å². The Morgan fingerprint density at radius 3 is 2.63 bits per heavy atom. The van der Waals surface area contributed by atoms with E-state index < -0.39 is 47.8 Å². The van der Waals surface area contributed by atoms with E-state index in [2.05, 4.69) is 4.98 Å². The summed E-state index contributed by atoms with van der Waals surface area (Å²) < 4.78 is 47.7. The SMILES string of the molecule is C[C@H]1OC(=O)[C@]2(O)CC(F)(F)[C@@H](C)[C@H](/C=C/c3ccc(-c4cccc(F)c4)cn3)[C@H]12. The van der Waals surface area contributed by atoms with E-state index in [0.717, 1.165) is 5.56 Å². The summed E-state index contributed by atoms with van der Waals surface area (Å²) in [6.45, 7) is 3.04. The minimum absolute atomic E-state index is 0.348. The average molecular weight is 417 g/mol. The summed E-state index contributed by atoms with van der Waals surface area (Å²) in [5.41, 5.74) is -0.266. The summed E-state index contributed by atoms with van der Waals surface area (Å²) in [5.74, 6) is -7.16. The zero-order valence-corrected chi connectivity index (χ0v) is 16.6. The molecule has 158 valence electrons. The van der Waals surface area contributed by atoms with Crippen LogP contribution in [0, 0.1) is 23.6 Å². The molecular formula is C23H22F3NO3. The van der Waals surface area contributed by atoms with E-state index in [-0.39, 0.29) is 5.82 Å². The van der Waals surface area contributed by atoms with Crippen LogP contribution >= 0.6 is 0 Å². The van der Waals surface area contributed by atoms with Crippen molar-refractivity contribution < 1.29 is 27.8 Å². The molecule has 1 aliphatic heterocycles. The van der Waals surface area contributed by atoms with Gasteiger partial charge in [-0.3, -0.25) is 4.98 Å². The van der Waals surface area contributed by atoms with Crippen LogP contribution in [0.4, 0.5) is 13.2 Å². The fourth-order valence-corrected chi connectivity index (χ4v) is 4.64. The first-order valence-electron chi connectivity index (χ1n) is 9.83. The lowest BCUT2D eigenvalue weighted by Crippen LogP contribution is -2.57. The van der Waals surface area contributed by atoms with Crippen molar-refractivity contribution in [3.8, 4) is 11.1 Å². The second-order valence-electron chi connectivity index (χ2n) is 8.21. The summed E-state index contributed by atoms with van der Waals surface area (Å²) in [6, 6.07) is 9.60. The summed E-state index contributed by atoms with van der Waals surface area (Å²) >= 11 is 0. The Kier molecular flexibility index (Phi) is 4.97. The van der Waals surface area contributed by atoms with Crippen LogP contribution in [0.15, 0.2) is 48.7 Å². The molecule has 2 heterocycles. The molecule has 4 nitrogen and oxygen atoms in total. The molecule has 0 radical (unpaired) electrons. The molecule has 4 rings (SSSR count). The quantitative estimate of drug-likeness (QED) is 0.748. The first kappa shape index (κ1) is 20.6. The minimum Gasteiger partial charge on any atom is -0.460 e. The Hall–Kier alpha value is -2.67. The molecule has 2 aliphatic rings. The number of nitrogens with zero attached hydrogens (tertiary/aromatic N) is 1. The van der Waals surface area contributed by atoms with Crippen LogP contribution in [-0.4, -0.2) is 33.7 Å². The number of alkyl halides is 2. The summed E-state index contributed by atoms with van der Waals surface area (Å²) in [7, 11) is 0. The molecule has 1 aromatic carbocycles. The fourth-order valence-electron chi connectivity index (χ4n) is 4.64. The highest BCUT2D eigenvalue weighted by molar-refractivity contribution is 5.83. The number of rotatable bonds is 3. The lowest BCUT2D eigenvalue weighted by molar-refractivity contribution is -0.193. The van der Waals surface area contributed by atoms with Crippen LogP contribution in [0.3, 0.4) is 0 Å². The van der Waals surface area contributed by atoms with Gasteiger partial charge >= 0.3 is 5.97 Å². The number of allylic oxidation sites excluding steroid dienone is 1. The Bertz CT molecular complexity index is 991. The molecule has 2 aromatic rings. The number of benzene rings is 1. The molecule has 1 saturated carbocycles. The number of cyclic esters (lactones) is 1. The third-order valence-corrected chi connectivity index (χ3v) is 6.30. The van der Waals surface area contributed by atoms with Gasteiger partial charge in [-0.15, -0.1) is 0 Å². The number of carbonyl (C=O) groups is 1. The van der Waals surface area contributed by atoms with Gasteiger partial charge in [0.2, 0.25) is 0 Å². The number of pyridine rings is 1. The maximum absolute atomic E-state index is 14.6. The van der Waals surface area contributed by atoms with Gasteiger partial charge in [0, 0.05) is 23.6 Å². The van der Waals surface area contributed by atoms with Crippen molar-refractivity contribution in [2.24, 2.45) is 17.8 Å². The molecule has 1 saturated heterocycles. The Balaban J connectivity index is 1.61. The van der Waals surface area contributed by atoms with Crippen molar-refractivity contribution in [2.45, 2.75) is 37.9 Å². The van der Waals surface area contributed by atoms with E-state index in [1.54, 1.807) is 49.5 Å². The first-order chi connectivity index (χ1) is 14.1. The van der Waals surface area contributed by atoms with Gasteiger partial charge in [-0.2, -0.15) is 0 Å². The largest absolute Gasteiger partial charge is 0.460 e. The third kappa shape index (κ3) is 3.41. The maximum Gasteiger partial charge on any atom is 0.339 e. The smallest absolute Gasteiger partial charge is 0.339 e.